The lowest BCUT2D eigenvalue weighted by atomic mass is 10.1. The quantitative estimate of drug-likeness (QED) is 0.141. The molecular formula is C49H48N10O5. The molecule has 0 saturated carbocycles. The Balaban J connectivity index is 0.776. The third-order valence-electron chi connectivity index (χ3n) is 12.6. The van der Waals surface area contributed by atoms with Crippen LogP contribution in [-0.4, -0.2) is 102 Å². The van der Waals surface area contributed by atoms with E-state index in [-0.39, 0.29) is 18.0 Å². The summed E-state index contributed by atoms with van der Waals surface area (Å²) in [7, 11) is 0. The first-order valence-electron chi connectivity index (χ1n) is 21.7. The topological polar surface area (TPSA) is 151 Å². The smallest absolute Gasteiger partial charge is 0.345 e. The van der Waals surface area contributed by atoms with Crippen LogP contribution >= 0.6 is 0 Å². The van der Waals surface area contributed by atoms with Gasteiger partial charge in [0.15, 0.2) is 11.3 Å². The Hall–Kier alpha value is -7.31. The largest absolute Gasteiger partial charge is 0.422 e. The van der Waals surface area contributed by atoms with Crippen molar-refractivity contribution in [1.82, 2.24) is 38.5 Å². The Morgan fingerprint density at radius 1 is 0.672 bits per heavy atom. The van der Waals surface area contributed by atoms with Crippen molar-refractivity contribution in [3.8, 4) is 34.4 Å². The Bertz CT molecular complexity index is 3350. The first-order valence-corrected chi connectivity index (χ1v) is 21.7. The predicted molar refractivity (Wildman–Crippen MR) is 247 cm³/mol. The second-order valence-corrected chi connectivity index (χ2v) is 17.1. The van der Waals surface area contributed by atoms with Crippen LogP contribution in [0.3, 0.4) is 0 Å². The molecule has 0 spiro atoms. The number of benzene rings is 2. The van der Waals surface area contributed by atoms with Gasteiger partial charge in [-0.3, -0.25) is 19.7 Å². The summed E-state index contributed by atoms with van der Waals surface area (Å²) in [6.07, 6.45) is 7.97. The summed E-state index contributed by atoms with van der Waals surface area (Å²) in [5.41, 5.74) is 8.61. The number of rotatable bonds is 6. The van der Waals surface area contributed by atoms with Crippen LogP contribution < -0.4 is 21.1 Å². The number of carbonyl (C=O) groups is 1. The fourth-order valence-corrected chi connectivity index (χ4v) is 9.25. The molecule has 2 aromatic carbocycles. The molecular weight excluding hydrogens is 809 g/mol. The molecule has 0 radical (unpaired) electrons. The van der Waals surface area contributed by atoms with Gasteiger partial charge in [0.05, 0.1) is 58.3 Å². The van der Waals surface area contributed by atoms with E-state index >= 15 is 0 Å². The number of carbonyl (C=O) groups excluding carboxylic acids is 1. The zero-order valence-electron chi connectivity index (χ0n) is 36.8. The van der Waals surface area contributed by atoms with E-state index < -0.39 is 11.3 Å². The third kappa shape index (κ3) is 7.64. The summed E-state index contributed by atoms with van der Waals surface area (Å²) in [5, 5.41) is 1.64. The molecule has 15 nitrogen and oxygen atoms in total. The highest BCUT2D eigenvalue weighted by Gasteiger charge is 2.27. The van der Waals surface area contributed by atoms with Crippen LogP contribution in [0.15, 0.2) is 91.7 Å². The maximum Gasteiger partial charge on any atom is 0.345 e. The van der Waals surface area contributed by atoms with Gasteiger partial charge in [0.25, 0.3) is 0 Å². The van der Waals surface area contributed by atoms with Crippen LogP contribution in [0.1, 0.15) is 43.5 Å². The third-order valence-corrected chi connectivity index (χ3v) is 12.6. The van der Waals surface area contributed by atoms with Crippen LogP contribution in [0.25, 0.3) is 55.7 Å². The van der Waals surface area contributed by atoms with Crippen molar-refractivity contribution in [3.63, 3.8) is 0 Å². The molecule has 0 bridgehead atoms. The highest BCUT2D eigenvalue weighted by atomic mass is 16.4. The summed E-state index contributed by atoms with van der Waals surface area (Å²) in [5.74, 6) is 6.78. The van der Waals surface area contributed by atoms with Gasteiger partial charge < -0.3 is 32.3 Å². The fraction of sp³-hybridized carbons (Fsp3) is 0.327. The molecule has 1 amide bonds. The molecule has 0 aliphatic carbocycles. The first-order chi connectivity index (χ1) is 30.8. The van der Waals surface area contributed by atoms with Gasteiger partial charge in [-0.2, -0.15) is 0 Å². The number of anilines is 2. The van der Waals surface area contributed by atoms with Gasteiger partial charge in [-0.1, -0.05) is 11.8 Å². The number of amides is 1. The zero-order chi connectivity index (χ0) is 44.4. The normalized spacial score (nSPS) is 17.2. The van der Waals surface area contributed by atoms with Crippen LogP contribution in [0.2, 0.25) is 0 Å². The molecule has 6 aromatic heterocycles. The molecule has 2 atom stereocenters. The SMILES string of the molecule is CC(=O)N1CCN(c2ccc3cc(-c4cn5cc(CC#CCN6CCN(c7ccc8cc(-c9cn%10cc(C)nc(C)c%10n9)c(=O)oc8c7)C[C@@H]6C)nc(C)c5n4)c(=O)oc3c2)C[C@@H]1C. The molecule has 324 valence electrons. The van der Waals surface area contributed by atoms with E-state index in [0.717, 1.165) is 64.6 Å². The lowest BCUT2D eigenvalue weighted by molar-refractivity contribution is -0.131. The molecule has 0 N–H and O–H groups in total. The lowest BCUT2D eigenvalue weighted by Gasteiger charge is -2.40. The van der Waals surface area contributed by atoms with Crippen molar-refractivity contribution in [2.24, 2.45) is 0 Å². The lowest BCUT2D eigenvalue weighted by Crippen LogP contribution is -2.53. The maximum absolute atomic E-state index is 13.4. The Morgan fingerprint density at radius 2 is 1.23 bits per heavy atom. The fourth-order valence-electron chi connectivity index (χ4n) is 9.25. The number of fused-ring (bicyclic) bond motifs is 4. The Morgan fingerprint density at radius 3 is 1.81 bits per heavy atom. The number of aryl methyl sites for hydroxylation is 3. The first kappa shape index (κ1) is 40.7. The van der Waals surface area contributed by atoms with E-state index in [1.54, 1.807) is 6.92 Å². The average molecular weight is 857 g/mol. The summed E-state index contributed by atoms with van der Waals surface area (Å²) in [4.78, 5) is 66.1. The van der Waals surface area contributed by atoms with Gasteiger partial charge >= 0.3 is 11.3 Å². The van der Waals surface area contributed by atoms with Crippen molar-refractivity contribution in [2.45, 2.75) is 60.0 Å². The predicted octanol–water partition coefficient (Wildman–Crippen LogP) is 6.06. The molecule has 0 unspecified atom stereocenters. The highest BCUT2D eigenvalue weighted by molar-refractivity contribution is 5.85. The van der Waals surface area contributed by atoms with E-state index in [9.17, 15) is 14.4 Å². The molecule has 8 aromatic rings. The molecule has 64 heavy (non-hydrogen) atoms. The van der Waals surface area contributed by atoms with Gasteiger partial charge in [-0.05, 0) is 71.0 Å². The second-order valence-electron chi connectivity index (χ2n) is 17.1. The summed E-state index contributed by atoms with van der Waals surface area (Å²) in [6, 6.07) is 16.0. The standard InChI is InChI=1S/C49H48N10O5/c1-29-23-57-27-42(52-46(57)32(4)50-29)40-19-35-10-12-38(21-44(35)63-48(40)61)55-16-15-54(30(2)24-55)14-8-7-9-37-26-58-28-43(53-47(58)33(5)51-37)41-20-36-11-13-39(22-45(36)64-49(41)62)56-17-18-59(34(6)60)31(3)25-56/h10-13,19-23,26-28,30-31H,9,14-18,24-25H2,1-6H3/t30-,31-/m0/s1. The molecule has 8 heterocycles. The minimum atomic E-state index is -0.460. The van der Waals surface area contributed by atoms with E-state index in [4.69, 9.17) is 18.8 Å². The molecule has 2 aliphatic rings. The minimum Gasteiger partial charge on any atom is -0.422 e. The van der Waals surface area contributed by atoms with Gasteiger partial charge in [-0.15, -0.1) is 0 Å². The van der Waals surface area contributed by atoms with Crippen molar-refractivity contribution in [1.29, 1.82) is 0 Å². The molecule has 2 aliphatic heterocycles. The summed E-state index contributed by atoms with van der Waals surface area (Å²) in [6.45, 7) is 16.8. The summed E-state index contributed by atoms with van der Waals surface area (Å²) >= 11 is 0. The number of piperazine rings is 2. The zero-order valence-corrected chi connectivity index (χ0v) is 36.8. The Labute approximate surface area is 368 Å². The molecule has 2 saturated heterocycles. The van der Waals surface area contributed by atoms with Crippen molar-refractivity contribution in [3.05, 3.63) is 117 Å². The van der Waals surface area contributed by atoms with Crippen LogP contribution in [-0.2, 0) is 11.2 Å². The highest BCUT2D eigenvalue weighted by Crippen LogP contribution is 2.29. The number of hydrogen-bond acceptors (Lipinski definition) is 12. The van der Waals surface area contributed by atoms with Gasteiger partial charge in [0.1, 0.15) is 11.2 Å². The maximum atomic E-state index is 13.4. The van der Waals surface area contributed by atoms with Gasteiger partial charge in [0.2, 0.25) is 5.91 Å². The van der Waals surface area contributed by atoms with Crippen molar-refractivity contribution < 1.29 is 13.6 Å². The van der Waals surface area contributed by atoms with E-state index in [2.05, 4.69) is 49.5 Å². The number of aromatic nitrogens is 6. The van der Waals surface area contributed by atoms with Crippen molar-refractivity contribution >= 4 is 50.5 Å². The number of imidazole rings is 2. The molecule has 15 heteroatoms. The van der Waals surface area contributed by atoms with Crippen molar-refractivity contribution in [2.75, 3.05) is 55.6 Å². The van der Waals surface area contributed by atoms with E-state index in [0.29, 0.717) is 77.6 Å². The van der Waals surface area contributed by atoms with E-state index in [1.807, 2.05) is 109 Å². The number of hydrogen-bond donors (Lipinski definition) is 0. The molecule has 10 rings (SSSR count). The van der Waals surface area contributed by atoms with Gasteiger partial charge in [0, 0.05) is 117 Å². The van der Waals surface area contributed by atoms with Crippen LogP contribution in [0.4, 0.5) is 11.4 Å². The second kappa shape index (κ2) is 16.1. The van der Waals surface area contributed by atoms with Gasteiger partial charge in [-0.25, -0.2) is 19.6 Å². The summed E-state index contributed by atoms with van der Waals surface area (Å²) < 4.78 is 15.5. The van der Waals surface area contributed by atoms with Crippen LogP contribution in [0, 0.1) is 32.6 Å². The van der Waals surface area contributed by atoms with E-state index in [1.165, 1.54) is 0 Å². The average Bonchev–Trinajstić information content (AvgIpc) is 3.90. The Kier molecular flexibility index (Phi) is 10.3. The molecule has 2 fully saturated rings. The monoisotopic (exact) mass is 856 g/mol. The van der Waals surface area contributed by atoms with Crippen LogP contribution in [0.5, 0.6) is 0 Å². The number of nitrogens with zero attached hydrogens (tertiary/aromatic N) is 10. The minimum absolute atomic E-state index is 0.0823.